The predicted octanol–water partition coefficient (Wildman–Crippen LogP) is 4.06. The SMILES string of the molecule is CCc1c(F)cc(C(F)(F)F)cc1Cl. The van der Waals surface area contributed by atoms with Gasteiger partial charge in [-0.1, -0.05) is 18.5 Å². The van der Waals surface area contributed by atoms with Crippen molar-refractivity contribution in [3.8, 4) is 0 Å². The van der Waals surface area contributed by atoms with Crippen LogP contribution in [0.3, 0.4) is 0 Å². The summed E-state index contributed by atoms with van der Waals surface area (Å²) in [6.45, 7) is 1.62. The smallest absolute Gasteiger partial charge is 0.207 e. The Morgan fingerprint density at radius 2 is 1.86 bits per heavy atom. The molecule has 0 unspecified atom stereocenters. The number of hydrogen-bond donors (Lipinski definition) is 0. The zero-order valence-electron chi connectivity index (χ0n) is 7.25. The van der Waals surface area contributed by atoms with E-state index in [9.17, 15) is 17.6 Å². The highest BCUT2D eigenvalue weighted by Gasteiger charge is 2.32. The van der Waals surface area contributed by atoms with Crippen LogP contribution in [-0.2, 0) is 12.6 Å². The maximum absolute atomic E-state index is 13.1. The zero-order valence-corrected chi connectivity index (χ0v) is 8.01. The van der Waals surface area contributed by atoms with E-state index in [1.807, 2.05) is 0 Å². The van der Waals surface area contributed by atoms with Crippen LogP contribution in [0.5, 0.6) is 0 Å². The number of halogens is 5. The van der Waals surface area contributed by atoms with Crippen LogP contribution in [0.1, 0.15) is 18.1 Å². The molecule has 78 valence electrons. The minimum atomic E-state index is -4.56. The van der Waals surface area contributed by atoms with Gasteiger partial charge in [0.2, 0.25) is 0 Å². The minimum Gasteiger partial charge on any atom is -0.207 e. The fourth-order valence-electron chi connectivity index (χ4n) is 1.10. The molecule has 0 atom stereocenters. The van der Waals surface area contributed by atoms with Crippen LogP contribution >= 0.6 is 11.6 Å². The van der Waals surface area contributed by atoms with Gasteiger partial charge < -0.3 is 0 Å². The van der Waals surface area contributed by atoms with Gasteiger partial charge in [-0.25, -0.2) is 4.39 Å². The van der Waals surface area contributed by atoms with Crippen LogP contribution in [-0.4, -0.2) is 0 Å². The molecule has 0 aliphatic heterocycles. The van der Waals surface area contributed by atoms with Crippen LogP contribution in [0.25, 0.3) is 0 Å². The Kier molecular flexibility index (Phi) is 3.04. The van der Waals surface area contributed by atoms with Crippen LogP contribution < -0.4 is 0 Å². The van der Waals surface area contributed by atoms with Gasteiger partial charge in [0.1, 0.15) is 5.82 Å². The Balaban J connectivity index is 3.28. The number of alkyl halides is 3. The first kappa shape index (κ1) is 11.3. The average molecular weight is 227 g/mol. The molecule has 0 N–H and O–H groups in total. The zero-order chi connectivity index (χ0) is 10.9. The van der Waals surface area contributed by atoms with Crippen molar-refractivity contribution in [1.82, 2.24) is 0 Å². The first-order valence-corrected chi connectivity index (χ1v) is 4.29. The highest BCUT2D eigenvalue weighted by Crippen LogP contribution is 2.33. The second-order valence-corrected chi connectivity index (χ2v) is 3.18. The molecule has 0 saturated heterocycles. The molecular formula is C9H7ClF4. The van der Waals surface area contributed by atoms with Gasteiger partial charge in [0.05, 0.1) is 5.56 Å². The maximum Gasteiger partial charge on any atom is 0.416 e. The van der Waals surface area contributed by atoms with Crippen molar-refractivity contribution in [2.45, 2.75) is 19.5 Å². The second kappa shape index (κ2) is 3.77. The molecule has 1 rings (SSSR count). The molecule has 0 heterocycles. The van der Waals surface area contributed by atoms with Crippen molar-refractivity contribution in [3.05, 3.63) is 34.1 Å². The lowest BCUT2D eigenvalue weighted by Gasteiger charge is -2.09. The van der Waals surface area contributed by atoms with Crippen LogP contribution in [0.2, 0.25) is 5.02 Å². The van der Waals surface area contributed by atoms with E-state index < -0.39 is 17.6 Å². The van der Waals surface area contributed by atoms with Gasteiger partial charge >= 0.3 is 6.18 Å². The van der Waals surface area contributed by atoms with E-state index in [0.717, 1.165) is 6.07 Å². The number of rotatable bonds is 1. The highest BCUT2D eigenvalue weighted by atomic mass is 35.5. The molecule has 0 aliphatic carbocycles. The molecular weight excluding hydrogens is 220 g/mol. The molecule has 0 fully saturated rings. The first-order valence-electron chi connectivity index (χ1n) is 3.91. The summed E-state index contributed by atoms with van der Waals surface area (Å²) in [6, 6.07) is 1.20. The molecule has 1 aromatic carbocycles. The third kappa shape index (κ3) is 2.18. The van der Waals surface area contributed by atoms with Crippen molar-refractivity contribution in [3.63, 3.8) is 0 Å². The maximum atomic E-state index is 13.1. The lowest BCUT2D eigenvalue weighted by molar-refractivity contribution is -0.137. The van der Waals surface area contributed by atoms with E-state index >= 15 is 0 Å². The Hall–Kier alpha value is -0.770. The van der Waals surface area contributed by atoms with Crippen molar-refractivity contribution < 1.29 is 17.6 Å². The highest BCUT2D eigenvalue weighted by molar-refractivity contribution is 6.31. The molecule has 1 aromatic rings. The Bertz CT molecular complexity index is 320. The van der Waals surface area contributed by atoms with Gasteiger partial charge in [-0.2, -0.15) is 13.2 Å². The molecule has 0 spiro atoms. The standard InChI is InChI=1S/C9H7ClF4/c1-2-6-7(10)3-5(4-8(6)11)9(12,13)14/h3-4H,2H2,1H3. The predicted molar refractivity (Wildman–Crippen MR) is 45.8 cm³/mol. The summed E-state index contributed by atoms with van der Waals surface area (Å²) < 4.78 is 49.5. The molecule has 0 radical (unpaired) electrons. The monoisotopic (exact) mass is 226 g/mol. The summed E-state index contributed by atoms with van der Waals surface area (Å²) in [7, 11) is 0. The molecule has 0 saturated carbocycles. The lowest BCUT2D eigenvalue weighted by atomic mass is 10.1. The van der Waals surface area contributed by atoms with E-state index in [1.165, 1.54) is 0 Å². The van der Waals surface area contributed by atoms with Gasteiger partial charge in [-0.15, -0.1) is 0 Å². The van der Waals surface area contributed by atoms with E-state index in [1.54, 1.807) is 6.92 Å². The van der Waals surface area contributed by atoms with Gasteiger partial charge in [0.25, 0.3) is 0 Å². The topological polar surface area (TPSA) is 0 Å². The molecule has 14 heavy (non-hydrogen) atoms. The van der Waals surface area contributed by atoms with E-state index in [-0.39, 0.29) is 17.0 Å². The molecule has 0 amide bonds. The van der Waals surface area contributed by atoms with E-state index in [0.29, 0.717) is 6.07 Å². The Morgan fingerprint density at radius 3 is 2.21 bits per heavy atom. The van der Waals surface area contributed by atoms with Gasteiger partial charge in [-0.3, -0.25) is 0 Å². The fourth-order valence-corrected chi connectivity index (χ4v) is 1.45. The van der Waals surface area contributed by atoms with Crippen LogP contribution in [0.4, 0.5) is 17.6 Å². The summed E-state index contributed by atoms with van der Waals surface area (Å²) in [5.41, 5.74) is -0.947. The van der Waals surface area contributed by atoms with Crippen molar-refractivity contribution in [2.75, 3.05) is 0 Å². The average Bonchev–Trinajstić information content (AvgIpc) is 2.01. The van der Waals surface area contributed by atoms with E-state index in [4.69, 9.17) is 11.6 Å². The van der Waals surface area contributed by atoms with Crippen LogP contribution in [0.15, 0.2) is 12.1 Å². The summed E-state index contributed by atoms with van der Waals surface area (Å²) in [5.74, 6) is -0.910. The van der Waals surface area contributed by atoms with Crippen molar-refractivity contribution >= 4 is 11.6 Å². The normalized spacial score (nSPS) is 11.9. The Morgan fingerprint density at radius 1 is 1.29 bits per heavy atom. The molecule has 0 nitrogen and oxygen atoms in total. The quantitative estimate of drug-likeness (QED) is 0.634. The van der Waals surface area contributed by atoms with Gasteiger partial charge in [-0.05, 0) is 18.6 Å². The summed E-state index contributed by atoms with van der Waals surface area (Å²) in [4.78, 5) is 0. The fraction of sp³-hybridized carbons (Fsp3) is 0.333. The molecule has 0 aromatic heterocycles. The summed E-state index contributed by atoms with van der Waals surface area (Å²) in [5, 5.41) is -0.181. The van der Waals surface area contributed by atoms with Gasteiger partial charge in [0.15, 0.2) is 0 Å². The van der Waals surface area contributed by atoms with E-state index in [2.05, 4.69) is 0 Å². The summed E-state index contributed by atoms with van der Waals surface area (Å²) >= 11 is 5.50. The third-order valence-electron chi connectivity index (χ3n) is 1.82. The molecule has 5 heteroatoms. The summed E-state index contributed by atoms with van der Waals surface area (Å²) in [6.07, 6.45) is -4.29. The number of benzene rings is 1. The van der Waals surface area contributed by atoms with Crippen LogP contribution in [0, 0.1) is 5.82 Å². The molecule has 0 aliphatic rings. The second-order valence-electron chi connectivity index (χ2n) is 2.77. The Labute approximate surface area is 83.5 Å². The van der Waals surface area contributed by atoms with Crippen molar-refractivity contribution in [1.29, 1.82) is 0 Å². The largest absolute Gasteiger partial charge is 0.416 e. The third-order valence-corrected chi connectivity index (χ3v) is 2.16. The number of hydrogen-bond acceptors (Lipinski definition) is 0. The lowest BCUT2D eigenvalue weighted by Crippen LogP contribution is -2.06. The van der Waals surface area contributed by atoms with Crippen molar-refractivity contribution in [2.24, 2.45) is 0 Å². The first-order chi connectivity index (χ1) is 6.36. The minimum absolute atomic E-state index is 0.111. The van der Waals surface area contributed by atoms with Gasteiger partial charge in [0, 0.05) is 10.6 Å². The molecule has 0 bridgehead atoms.